The highest BCUT2D eigenvalue weighted by molar-refractivity contribution is 9.10. The van der Waals surface area contributed by atoms with E-state index in [9.17, 15) is 14.0 Å². The van der Waals surface area contributed by atoms with Gasteiger partial charge in [-0.25, -0.2) is 14.6 Å². The Kier molecular flexibility index (Phi) is 7.78. The number of aromatic nitrogens is 1. The third kappa shape index (κ3) is 5.91. The van der Waals surface area contributed by atoms with Gasteiger partial charge in [0.2, 0.25) is 0 Å². The van der Waals surface area contributed by atoms with Crippen molar-refractivity contribution in [3.63, 3.8) is 0 Å². The first-order valence-corrected chi connectivity index (χ1v) is 12.0. The number of anilines is 3. The molecule has 37 heavy (non-hydrogen) atoms. The molecule has 1 unspecified atom stereocenters. The van der Waals surface area contributed by atoms with Gasteiger partial charge >= 0.3 is 0 Å². The number of benzene rings is 3. The van der Waals surface area contributed by atoms with Gasteiger partial charge in [-0.2, -0.15) is 5.26 Å². The minimum atomic E-state index is -0.560. The van der Waals surface area contributed by atoms with E-state index in [4.69, 9.17) is 23.2 Å². The molecule has 0 saturated heterocycles. The molecule has 1 aromatic heterocycles. The molecule has 0 aliphatic carbocycles. The molecule has 0 fully saturated rings. The predicted octanol–water partition coefficient (Wildman–Crippen LogP) is 6.30. The van der Waals surface area contributed by atoms with Gasteiger partial charge in [-0.1, -0.05) is 23.7 Å². The van der Waals surface area contributed by atoms with Crippen LogP contribution in [0.15, 0.2) is 77.2 Å². The second kappa shape index (κ2) is 11.0. The molecule has 1 atom stereocenters. The van der Waals surface area contributed by atoms with Gasteiger partial charge in [0.25, 0.3) is 0 Å². The van der Waals surface area contributed by atoms with Gasteiger partial charge in [0.1, 0.15) is 17.7 Å². The van der Waals surface area contributed by atoms with Crippen molar-refractivity contribution in [1.82, 2.24) is 9.99 Å². The maximum Gasteiger partial charge on any atom is 0.141 e. The van der Waals surface area contributed by atoms with Crippen LogP contribution in [0.4, 0.5) is 25.8 Å². The second-order valence-electron chi connectivity index (χ2n) is 8.19. The average Bonchev–Trinajstić information content (AvgIpc) is 2.85. The van der Waals surface area contributed by atoms with Gasteiger partial charge in [-0.05, 0) is 64.0 Å². The molecule has 4 rings (SSSR count). The van der Waals surface area contributed by atoms with Crippen LogP contribution in [0, 0.1) is 23.0 Å². The summed E-state index contributed by atoms with van der Waals surface area (Å²) in [5.41, 5.74) is 9.88. The van der Waals surface area contributed by atoms with E-state index in [0.29, 0.717) is 43.7 Å². The Bertz CT molecular complexity index is 1540. The highest BCUT2D eigenvalue weighted by Crippen LogP contribution is 2.37. The summed E-state index contributed by atoms with van der Waals surface area (Å²) in [6, 6.07) is 15.3. The molecule has 0 spiro atoms. The van der Waals surface area contributed by atoms with E-state index < -0.39 is 11.9 Å². The first kappa shape index (κ1) is 26.2. The van der Waals surface area contributed by atoms with E-state index in [1.165, 1.54) is 41.5 Å². The molecule has 188 valence electrons. The summed E-state index contributed by atoms with van der Waals surface area (Å²) in [5, 5.41) is 18.1. The van der Waals surface area contributed by atoms with Crippen molar-refractivity contribution in [2.75, 3.05) is 17.7 Å². The Morgan fingerprint density at radius 2 is 1.89 bits per heavy atom. The van der Waals surface area contributed by atoms with E-state index in [-0.39, 0.29) is 16.4 Å². The molecule has 0 bridgehead atoms. The minimum absolute atomic E-state index is 0.0559. The van der Waals surface area contributed by atoms with Crippen molar-refractivity contribution >= 4 is 55.5 Å². The Morgan fingerprint density at radius 1 is 1.16 bits per heavy atom. The van der Waals surface area contributed by atoms with Crippen LogP contribution < -0.4 is 22.2 Å². The summed E-state index contributed by atoms with van der Waals surface area (Å²) in [4.78, 5) is 4.42. The predicted molar refractivity (Wildman–Crippen MR) is 146 cm³/mol. The molecule has 0 amide bonds. The second-order valence-corrected chi connectivity index (χ2v) is 9.45. The lowest BCUT2D eigenvalue weighted by molar-refractivity contribution is 0.476. The molecule has 3 aromatic carbocycles. The number of pyridine rings is 1. The van der Waals surface area contributed by atoms with Crippen LogP contribution in [0.1, 0.15) is 17.2 Å². The van der Waals surface area contributed by atoms with Crippen molar-refractivity contribution in [1.29, 1.82) is 5.26 Å². The van der Waals surface area contributed by atoms with Crippen molar-refractivity contribution in [2.45, 2.75) is 6.04 Å². The monoisotopic (exact) mass is 583 g/mol. The number of halogens is 4. The lowest BCUT2D eigenvalue weighted by Crippen LogP contribution is -2.25. The summed E-state index contributed by atoms with van der Waals surface area (Å²) < 4.78 is 27.9. The Morgan fingerprint density at radius 3 is 2.54 bits per heavy atom. The smallest absolute Gasteiger partial charge is 0.141 e. The molecule has 0 radical (unpaired) electrons. The van der Waals surface area contributed by atoms with E-state index in [2.05, 4.69) is 37.6 Å². The zero-order chi connectivity index (χ0) is 26.7. The molecule has 4 aromatic rings. The van der Waals surface area contributed by atoms with E-state index >= 15 is 0 Å². The molecular weight excluding hydrogens is 564 g/mol. The fraction of sp³-hybridized carbons (Fsp3) is 0.0769. The summed E-state index contributed by atoms with van der Waals surface area (Å²) in [6.45, 7) is 0. The highest BCUT2D eigenvalue weighted by atomic mass is 79.9. The zero-order valence-electron chi connectivity index (χ0n) is 19.4. The molecule has 0 aliphatic heterocycles. The van der Waals surface area contributed by atoms with Crippen LogP contribution in [0.3, 0.4) is 0 Å². The van der Waals surface area contributed by atoms with Crippen molar-refractivity contribution < 1.29 is 8.78 Å². The van der Waals surface area contributed by atoms with Crippen LogP contribution in [-0.4, -0.2) is 17.0 Å². The lowest BCUT2D eigenvalue weighted by atomic mass is 10.0. The molecule has 0 aliphatic rings. The van der Waals surface area contributed by atoms with E-state index in [0.717, 1.165) is 0 Å². The van der Waals surface area contributed by atoms with Crippen LogP contribution >= 0.6 is 27.5 Å². The Hall–Kier alpha value is -3.91. The number of nitrogens with two attached hydrogens (primary N) is 2. The summed E-state index contributed by atoms with van der Waals surface area (Å²) in [7, 11) is 1.63. The van der Waals surface area contributed by atoms with E-state index in [1.807, 2.05) is 6.07 Å². The topological polar surface area (TPSA) is 116 Å². The van der Waals surface area contributed by atoms with Gasteiger partial charge in [0, 0.05) is 40.7 Å². The first-order chi connectivity index (χ1) is 17.7. The minimum Gasteiger partial charge on any atom is -0.399 e. The van der Waals surface area contributed by atoms with Crippen molar-refractivity contribution in [2.24, 2.45) is 11.6 Å². The van der Waals surface area contributed by atoms with Crippen molar-refractivity contribution in [3.05, 3.63) is 105 Å². The number of hydrogen-bond donors (Lipinski definition) is 4. The van der Waals surface area contributed by atoms with Crippen LogP contribution in [0.2, 0.25) is 5.02 Å². The fourth-order valence-electron chi connectivity index (χ4n) is 3.77. The number of fused-ring (bicyclic) bond motifs is 1. The molecule has 1 heterocycles. The van der Waals surface area contributed by atoms with Gasteiger partial charge in [-0.15, -0.1) is 0 Å². The SMILES string of the molecule is CN(N)/C=C(\N)C(Nc1cc(Br)c2ncc(C#N)c(Nc3ccc(F)c(Cl)c3)c2c1)c1ccc(F)cc1. The van der Waals surface area contributed by atoms with Crippen LogP contribution in [0.25, 0.3) is 10.9 Å². The van der Waals surface area contributed by atoms with Crippen molar-refractivity contribution in [3.8, 4) is 6.07 Å². The lowest BCUT2D eigenvalue weighted by Gasteiger charge is -2.23. The number of nitrogens with one attached hydrogen (secondary N) is 2. The number of hydrogen-bond acceptors (Lipinski definition) is 7. The summed E-state index contributed by atoms with van der Waals surface area (Å²) >= 11 is 9.51. The van der Waals surface area contributed by atoms with Gasteiger partial charge in [-0.3, -0.25) is 4.98 Å². The number of nitrogens with zero attached hydrogens (tertiary/aromatic N) is 3. The number of nitriles is 1. The molecule has 6 N–H and O–H groups in total. The molecule has 11 heteroatoms. The van der Waals surface area contributed by atoms with Gasteiger partial charge in [0.05, 0.1) is 33.5 Å². The highest BCUT2D eigenvalue weighted by Gasteiger charge is 2.18. The maximum absolute atomic E-state index is 13.7. The zero-order valence-corrected chi connectivity index (χ0v) is 21.8. The molecule has 7 nitrogen and oxygen atoms in total. The third-order valence-electron chi connectivity index (χ3n) is 5.43. The van der Waals surface area contributed by atoms with E-state index in [1.54, 1.807) is 31.4 Å². The number of rotatable bonds is 7. The average molecular weight is 585 g/mol. The molecule has 0 saturated carbocycles. The standard InChI is InChI=1S/C26H21BrClF2N7/c1-37(33)13-23(32)25(14-2-4-16(29)5-3-14)36-18-8-19-24(35-17-6-7-22(30)21(28)10-17)15(11-31)12-34-26(19)20(27)9-18/h2-10,12-13,25,36H,32-33H2,1H3,(H,34,35)/b23-13-. The quantitative estimate of drug-likeness (QED) is 0.149. The number of hydrazine groups is 1. The maximum atomic E-state index is 13.7. The Labute approximate surface area is 225 Å². The largest absolute Gasteiger partial charge is 0.399 e. The normalized spacial score (nSPS) is 12.2. The van der Waals surface area contributed by atoms with Crippen LogP contribution in [-0.2, 0) is 0 Å². The first-order valence-electron chi connectivity index (χ1n) is 10.9. The third-order valence-corrected chi connectivity index (χ3v) is 6.33. The fourth-order valence-corrected chi connectivity index (χ4v) is 4.51. The summed E-state index contributed by atoms with van der Waals surface area (Å²) in [5.74, 6) is 4.84. The molecular formula is C26H21BrClF2N7. The Balaban J connectivity index is 1.83. The summed E-state index contributed by atoms with van der Waals surface area (Å²) in [6.07, 6.45) is 3.00. The van der Waals surface area contributed by atoms with Gasteiger partial charge in [0.15, 0.2) is 0 Å². The van der Waals surface area contributed by atoms with Crippen LogP contribution in [0.5, 0.6) is 0 Å². The van der Waals surface area contributed by atoms with Gasteiger partial charge < -0.3 is 21.4 Å².